The van der Waals surface area contributed by atoms with Crippen LogP contribution in [-0.4, -0.2) is 31.3 Å². The zero-order valence-corrected chi connectivity index (χ0v) is 12.5. The van der Waals surface area contributed by atoms with Crippen LogP contribution in [-0.2, 0) is 9.53 Å². The molecule has 0 atom stereocenters. The summed E-state index contributed by atoms with van der Waals surface area (Å²) in [5.41, 5.74) is -0.870. The van der Waals surface area contributed by atoms with E-state index in [-0.39, 0.29) is 5.97 Å². The van der Waals surface area contributed by atoms with Gasteiger partial charge in [0.25, 0.3) is 0 Å². The van der Waals surface area contributed by atoms with Crippen LogP contribution in [0.25, 0.3) is 0 Å². The van der Waals surface area contributed by atoms with Crippen LogP contribution in [0.1, 0.15) is 19.8 Å². The summed E-state index contributed by atoms with van der Waals surface area (Å²) in [6.45, 7) is 3.69. The maximum Gasteiger partial charge on any atom is 0.350 e. The van der Waals surface area contributed by atoms with Gasteiger partial charge in [-0.1, -0.05) is 12.1 Å². The molecule has 0 bridgehead atoms. The van der Waals surface area contributed by atoms with Crippen molar-refractivity contribution in [3.8, 4) is 5.75 Å². The van der Waals surface area contributed by atoms with Crippen LogP contribution >= 0.6 is 15.9 Å². The van der Waals surface area contributed by atoms with Crippen molar-refractivity contribution in [1.29, 1.82) is 0 Å². The first kappa shape index (κ1) is 14.3. The van der Waals surface area contributed by atoms with E-state index >= 15 is 0 Å². The average molecular weight is 328 g/mol. The molecule has 1 aromatic carbocycles. The Morgan fingerprint density at radius 3 is 2.68 bits per heavy atom. The van der Waals surface area contributed by atoms with Crippen LogP contribution in [0.5, 0.6) is 5.75 Å². The third-order valence-corrected chi connectivity index (χ3v) is 3.86. The van der Waals surface area contributed by atoms with Crippen LogP contribution in [0.15, 0.2) is 28.7 Å². The quantitative estimate of drug-likeness (QED) is 0.863. The van der Waals surface area contributed by atoms with Crippen molar-refractivity contribution >= 4 is 21.9 Å². The van der Waals surface area contributed by atoms with Gasteiger partial charge in [0.15, 0.2) is 0 Å². The number of para-hydroxylation sites is 1. The molecular weight excluding hydrogens is 310 g/mol. The molecule has 1 heterocycles. The van der Waals surface area contributed by atoms with Gasteiger partial charge in [-0.05, 0) is 48.1 Å². The maximum atomic E-state index is 12.2. The molecule has 0 aliphatic carbocycles. The van der Waals surface area contributed by atoms with Crippen LogP contribution in [0.2, 0.25) is 0 Å². The second-order valence-corrected chi connectivity index (χ2v) is 5.35. The van der Waals surface area contributed by atoms with Crippen molar-refractivity contribution in [3.05, 3.63) is 28.7 Å². The van der Waals surface area contributed by atoms with E-state index in [1.54, 1.807) is 0 Å². The minimum Gasteiger partial charge on any atom is -0.474 e. The topological polar surface area (TPSA) is 47.6 Å². The fourth-order valence-corrected chi connectivity index (χ4v) is 2.54. The highest BCUT2D eigenvalue weighted by atomic mass is 79.9. The van der Waals surface area contributed by atoms with Crippen LogP contribution in [0, 0.1) is 0 Å². The first-order chi connectivity index (χ1) is 9.18. The number of hydrogen-bond donors (Lipinski definition) is 1. The Morgan fingerprint density at radius 2 is 2.05 bits per heavy atom. The van der Waals surface area contributed by atoms with Gasteiger partial charge in [0, 0.05) is 12.8 Å². The van der Waals surface area contributed by atoms with Crippen LogP contribution in [0.3, 0.4) is 0 Å². The lowest BCUT2D eigenvalue weighted by Crippen LogP contribution is -2.53. The largest absolute Gasteiger partial charge is 0.474 e. The fraction of sp³-hybridized carbons (Fsp3) is 0.500. The predicted octanol–water partition coefficient (Wildman–Crippen LogP) is 2.51. The first-order valence-electron chi connectivity index (χ1n) is 6.49. The summed E-state index contributed by atoms with van der Waals surface area (Å²) in [5.74, 6) is 0.407. The summed E-state index contributed by atoms with van der Waals surface area (Å²) in [6.07, 6.45) is 1.24. The van der Waals surface area contributed by atoms with Gasteiger partial charge in [-0.3, -0.25) is 0 Å². The van der Waals surface area contributed by atoms with Gasteiger partial charge in [0.2, 0.25) is 5.60 Å². The molecule has 0 unspecified atom stereocenters. The van der Waals surface area contributed by atoms with E-state index in [1.165, 1.54) is 0 Å². The van der Waals surface area contributed by atoms with E-state index < -0.39 is 5.60 Å². The number of ether oxygens (including phenoxy) is 2. The SMILES string of the molecule is CCOC(=O)C1(Oc2ccccc2Br)CCNCC1. The Kier molecular flexibility index (Phi) is 4.82. The second kappa shape index (κ2) is 6.39. The molecule has 1 N–H and O–H groups in total. The summed E-state index contributed by atoms with van der Waals surface area (Å²) in [5, 5.41) is 3.24. The van der Waals surface area contributed by atoms with Gasteiger partial charge in [-0.25, -0.2) is 4.79 Å². The molecule has 4 nitrogen and oxygen atoms in total. The number of carbonyl (C=O) groups excluding carboxylic acids is 1. The Hall–Kier alpha value is -1.07. The number of carbonyl (C=O) groups is 1. The van der Waals surface area contributed by atoms with Gasteiger partial charge >= 0.3 is 5.97 Å². The molecule has 0 spiro atoms. The minimum absolute atomic E-state index is 0.271. The van der Waals surface area contributed by atoms with Crippen molar-refractivity contribution in [2.24, 2.45) is 0 Å². The molecule has 0 radical (unpaired) electrons. The normalized spacial score (nSPS) is 17.8. The molecule has 1 fully saturated rings. The number of rotatable bonds is 4. The van der Waals surface area contributed by atoms with Crippen molar-refractivity contribution in [2.75, 3.05) is 19.7 Å². The van der Waals surface area contributed by atoms with E-state index in [1.807, 2.05) is 31.2 Å². The summed E-state index contributed by atoms with van der Waals surface area (Å²) in [7, 11) is 0. The fourth-order valence-electron chi connectivity index (χ4n) is 2.18. The lowest BCUT2D eigenvalue weighted by Gasteiger charge is -2.35. The standard InChI is InChI=1S/C14H18BrNO3/c1-2-18-13(17)14(7-9-16-10-8-14)19-12-6-4-3-5-11(12)15/h3-6,16H,2,7-10H2,1H3. The van der Waals surface area contributed by atoms with Gasteiger partial charge < -0.3 is 14.8 Å². The summed E-state index contributed by atoms with van der Waals surface area (Å²) in [4.78, 5) is 12.2. The molecule has 2 rings (SSSR count). The van der Waals surface area contributed by atoms with E-state index in [0.717, 1.165) is 17.6 Å². The number of halogens is 1. The molecular formula is C14H18BrNO3. The Balaban J connectivity index is 2.23. The molecule has 1 aliphatic heterocycles. The summed E-state index contributed by atoms with van der Waals surface area (Å²) < 4.78 is 12.1. The molecule has 104 valence electrons. The molecule has 0 amide bonds. The summed E-state index contributed by atoms with van der Waals surface area (Å²) >= 11 is 3.44. The molecule has 0 aromatic heterocycles. The highest BCUT2D eigenvalue weighted by molar-refractivity contribution is 9.10. The van der Waals surface area contributed by atoms with E-state index in [4.69, 9.17) is 9.47 Å². The lowest BCUT2D eigenvalue weighted by molar-refractivity contribution is -0.164. The van der Waals surface area contributed by atoms with Crippen molar-refractivity contribution in [2.45, 2.75) is 25.4 Å². The van der Waals surface area contributed by atoms with Crippen molar-refractivity contribution < 1.29 is 14.3 Å². The molecule has 0 saturated carbocycles. The molecule has 1 aliphatic rings. The predicted molar refractivity (Wildman–Crippen MR) is 76.2 cm³/mol. The van der Waals surface area contributed by atoms with Gasteiger partial charge in [0.1, 0.15) is 5.75 Å². The third kappa shape index (κ3) is 3.28. The maximum absolute atomic E-state index is 12.2. The van der Waals surface area contributed by atoms with E-state index in [9.17, 15) is 4.79 Å². The highest BCUT2D eigenvalue weighted by Crippen LogP contribution is 2.32. The molecule has 5 heteroatoms. The Morgan fingerprint density at radius 1 is 1.37 bits per heavy atom. The smallest absolute Gasteiger partial charge is 0.350 e. The third-order valence-electron chi connectivity index (χ3n) is 3.20. The minimum atomic E-state index is -0.870. The van der Waals surface area contributed by atoms with Crippen LogP contribution in [0.4, 0.5) is 0 Å². The first-order valence-corrected chi connectivity index (χ1v) is 7.29. The lowest BCUT2D eigenvalue weighted by atomic mass is 9.92. The Labute approximate surface area is 121 Å². The van der Waals surface area contributed by atoms with E-state index in [0.29, 0.717) is 25.2 Å². The second-order valence-electron chi connectivity index (χ2n) is 4.50. The van der Waals surface area contributed by atoms with E-state index in [2.05, 4.69) is 21.2 Å². The molecule has 1 aromatic rings. The number of nitrogens with one attached hydrogen (secondary N) is 1. The zero-order chi connectivity index (χ0) is 13.7. The van der Waals surface area contributed by atoms with Gasteiger partial charge in [-0.2, -0.15) is 0 Å². The number of hydrogen-bond acceptors (Lipinski definition) is 4. The van der Waals surface area contributed by atoms with Gasteiger partial charge in [-0.15, -0.1) is 0 Å². The zero-order valence-electron chi connectivity index (χ0n) is 10.9. The Bertz CT molecular complexity index is 444. The number of piperidine rings is 1. The highest BCUT2D eigenvalue weighted by Gasteiger charge is 2.43. The average Bonchev–Trinajstić information content (AvgIpc) is 2.43. The molecule has 1 saturated heterocycles. The summed E-state index contributed by atoms with van der Waals surface area (Å²) in [6, 6.07) is 7.55. The molecule has 19 heavy (non-hydrogen) atoms. The monoisotopic (exact) mass is 327 g/mol. The number of esters is 1. The van der Waals surface area contributed by atoms with Crippen LogP contribution < -0.4 is 10.1 Å². The van der Waals surface area contributed by atoms with Crippen molar-refractivity contribution in [1.82, 2.24) is 5.32 Å². The number of benzene rings is 1. The van der Waals surface area contributed by atoms with Crippen molar-refractivity contribution in [3.63, 3.8) is 0 Å². The van der Waals surface area contributed by atoms with Gasteiger partial charge in [0.05, 0.1) is 11.1 Å².